The van der Waals surface area contributed by atoms with Crippen molar-refractivity contribution in [1.29, 1.82) is 0 Å². The average Bonchev–Trinajstić information content (AvgIpc) is 2.76. The zero-order valence-electron chi connectivity index (χ0n) is 11.2. The minimum atomic E-state index is -3.04. The Morgan fingerprint density at radius 1 is 1.16 bits per heavy atom. The molecule has 1 heterocycles. The lowest BCUT2D eigenvalue weighted by atomic mass is 9.68. The van der Waals surface area contributed by atoms with E-state index in [0.717, 1.165) is 18.4 Å². The standard InChI is InChI=1S/C15H21NO2S/c16-11-15(8-2-1-3-9-15)13-5-4-6-14-12(13)7-10-19(14,17)18/h4-6H,1-3,7-11,16H2. The predicted molar refractivity (Wildman–Crippen MR) is 76.0 cm³/mol. The summed E-state index contributed by atoms with van der Waals surface area (Å²) in [5.74, 6) is 0.264. The highest BCUT2D eigenvalue weighted by Gasteiger charge is 2.38. The van der Waals surface area contributed by atoms with Gasteiger partial charge in [0.25, 0.3) is 0 Å². The molecule has 1 aromatic rings. The van der Waals surface area contributed by atoms with Gasteiger partial charge >= 0.3 is 0 Å². The average molecular weight is 279 g/mol. The van der Waals surface area contributed by atoms with Crippen LogP contribution in [0, 0.1) is 0 Å². The van der Waals surface area contributed by atoms with Crippen LogP contribution >= 0.6 is 0 Å². The molecule has 3 nitrogen and oxygen atoms in total. The summed E-state index contributed by atoms with van der Waals surface area (Å²) in [5.41, 5.74) is 8.37. The molecule has 1 saturated carbocycles. The second kappa shape index (κ2) is 4.60. The van der Waals surface area contributed by atoms with Gasteiger partial charge in [-0.25, -0.2) is 8.42 Å². The molecule has 1 aromatic carbocycles. The van der Waals surface area contributed by atoms with Gasteiger partial charge in [-0.1, -0.05) is 31.4 Å². The van der Waals surface area contributed by atoms with Crippen molar-refractivity contribution in [2.75, 3.05) is 12.3 Å². The molecule has 1 aliphatic heterocycles. The van der Waals surface area contributed by atoms with Gasteiger partial charge in [0.1, 0.15) is 0 Å². The molecule has 1 fully saturated rings. The van der Waals surface area contributed by atoms with Crippen molar-refractivity contribution in [2.45, 2.75) is 48.8 Å². The van der Waals surface area contributed by atoms with Gasteiger partial charge in [-0.15, -0.1) is 0 Å². The minimum absolute atomic E-state index is 0.0173. The van der Waals surface area contributed by atoms with Crippen LogP contribution in [-0.2, 0) is 21.7 Å². The fraction of sp³-hybridized carbons (Fsp3) is 0.600. The van der Waals surface area contributed by atoms with Crippen LogP contribution in [0.1, 0.15) is 43.2 Å². The van der Waals surface area contributed by atoms with Crippen molar-refractivity contribution in [3.8, 4) is 0 Å². The summed E-state index contributed by atoms with van der Waals surface area (Å²) < 4.78 is 24.1. The van der Waals surface area contributed by atoms with Gasteiger partial charge in [-0.2, -0.15) is 0 Å². The summed E-state index contributed by atoms with van der Waals surface area (Å²) in [6, 6.07) is 5.76. The Morgan fingerprint density at radius 2 is 1.89 bits per heavy atom. The van der Waals surface area contributed by atoms with Gasteiger partial charge in [0, 0.05) is 12.0 Å². The quantitative estimate of drug-likeness (QED) is 0.902. The third-order valence-corrected chi connectivity index (χ3v) is 6.66. The van der Waals surface area contributed by atoms with Crippen molar-refractivity contribution in [3.63, 3.8) is 0 Å². The number of sulfone groups is 1. The van der Waals surface area contributed by atoms with Crippen LogP contribution in [0.4, 0.5) is 0 Å². The summed E-state index contributed by atoms with van der Waals surface area (Å²) in [6.45, 7) is 0.628. The maximum Gasteiger partial charge on any atom is 0.178 e. The molecule has 0 spiro atoms. The first kappa shape index (κ1) is 13.1. The van der Waals surface area contributed by atoms with Gasteiger partial charge in [-0.3, -0.25) is 0 Å². The van der Waals surface area contributed by atoms with Crippen molar-refractivity contribution < 1.29 is 8.42 Å². The van der Waals surface area contributed by atoms with Crippen molar-refractivity contribution >= 4 is 9.84 Å². The Kier molecular flexibility index (Phi) is 3.18. The molecule has 3 rings (SSSR count). The van der Waals surface area contributed by atoms with Crippen LogP contribution in [0.3, 0.4) is 0 Å². The van der Waals surface area contributed by atoms with Crippen molar-refractivity contribution in [3.05, 3.63) is 29.3 Å². The summed E-state index contributed by atoms with van der Waals surface area (Å²) in [4.78, 5) is 0.559. The van der Waals surface area contributed by atoms with Crippen LogP contribution < -0.4 is 5.73 Å². The number of rotatable bonds is 2. The molecule has 0 bridgehead atoms. The van der Waals surface area contributed by atoms with E-state index in [0.29, 0.717) is 17.9 Å². The molecule has 104 valence electrons. The largest absolute Gasteiger partial charge is 0.330 e. The molecule has 2 aliphatic rings. The van der Waals surface area contributed by atoms with E-state index in [2.05, 4.69) is 6.07 Å². The number of fused-ring (bicyclic) bond motifs is 1. The number of benzene rings is 1. The second-order valence-corrected chi connectivity index (χ2v) is 7.97. The lowest BCUT2D eigenvalue weighted by molar-refractivity contribution is 0.298. The van der Waals surface area contributed by atoms with Crippen molar-refractivity contribution in [1.82, 2.24) is 0 Å². The van der Waals surface area contributed by atoms with E-state index < -0.39 is 9.84 Å². The van der Waals surface area contributed by atoms with Crippen LogP contribution in [0.5, 0.6) is 0 Å². The fourth-order valence-corrected chi connectivity index (χ4v) is 5.34. The minimum Gasteiger partial charge on any atom is -0.330 e. The van der Waals surface area contributed by atoms with E-state index in [4.69, 9.17) is 5.73 Å². The number of nitrogens with two attached hydrogens (primary N) is 1. The molecule has 0 radical (unpaired) electrons. The second-order valence-electron chi connectivity index (χ2n) is 5.90. The highest BCUT2D eigenvalue weighted by molar-refractivity contribution is 7.91. The van der Waals surface area contributed by atoms with E-state index in [9.17, 15) is 8.42 Å². The number of hydrogen-bond acceptors (Lipinski definition) is 3. The lowest BCUT2D eigenvalue weighted by Crippen LogP contribution is -2.38. The Labute approximate surface area is 115 Å². The van der Waals surface area contributed by atoms with E-state index in [1.165, 1.54) is 24.8 Å². The Balaban J connectivity index is 2.14. The van der Waals surface area contributed by atoms with Gasteiger partial charge in [0.15, 0.2) is 9.84 Å². The molecule has 0 unspecified atom stereocenters. The molecular weight excluding hydrogens is 258 g/mol. The Hall–Kier alpha value is -0.870. The van der Waals surface area contributed by atoms with Crippen molar-refractivity contribution in [2.24, 2.45) is 5.73 Å². The van der Waals surface area contributed by atoms with Gasteiger partial charge in [0.2, 0.25) is 0 Å². The first-order chi connectivity index (χ1) is 9.09. The molecule has 0 aromatic heterocycles. The monoisotopic (exact) mass is 279 g/mol. The van der Waals surface area contributed by atoms with Gasteiger partial charge < -0.3 is 5.73 Å². The maximum absolute atomic E-state index is 12.0. The maximum atomic E-state index is 12.0. The molecule has 4 heteroatoms. The summed E-state index contributed by atoms with van der Waals surface area (Å²) in [6.07, 6.45) is 6.53. The third kappa shape index (κ3) is 2.01. The van der Waals surface area contributed by atoms with Crippen LogP contribution in [0.2, 0.25) is 0 Å². The van der Waals surface area contributed by atoms with Crippen LogP contribution in [-0.4, -0.2) is 20.7 Å². The Morgan fingerprint density at radius 3 is 2.58 bits per heavy atom. The Bertz CT molecular complexity index is 586. The molecule has 0 amide bonds. The lowest BCUT2D eigenvalue weighted by Gasteiger charge is -2.38. The summed E-state index contributed by atoms with van der Waals surface area (Å²) in [7, 11) is -3.04. The zero-order chi connectivity index (χ0) is 13.5. The zero-order valence-corrected chi connectivity index (χ0v) is 12.0. The van der Waals surface area contributed by atoms with E-state index in [1.807, 2.05) is 6.07 Å². The molecule has 0 saturated heterocycles. The molecule has 2 N–H and O–H groups in total. The molecule has 19 heavy (non-hydrogen) atoms. The highest BCUT2D eigenvalue weighted by atomic mass is 32.2. The molecular formula is C15H21NO2S. The highest BCUT2D eigenvalue weighted by Crippen LogP contribution is 2.43. The predicted octanol–water partition coefficient (Wildman–Crippen LogP) is 2.18. The van der Waals surface area contributed by atoms with E-state index in [-0.39, 0.29) is 11.2 Å². The third-order valence-electron chi connectivity index (χ3n) is 4.86. The van der Waals surface area contributed by atoms with Gasteiger partial charge in [0.05, 0.1) is 10.6 Å². The first-order valence-corrected chi connectivity index (χ1v) is 8.79. The van der Waals surface area contributed by atoms with E-state index in [1.54, 1.807) is 6.07 Å². The first-order valence-electron chi connectivity index (χ1n) is 7.14. The topological polar surface area (TPSA) is 60.2 Å². The van der Waals surface area contributed by atoms with Crippen LogP contribution in [0.15, 0.2) is 23.1 Å². The molecule has 1 aliphatic carbocycles. The van der Waals surface area contributed by atoms with Gasteiger partial charge in [-0.05, 0) is 36.5 Å². The van der Waals surface area contributed by atoms with E-state index >= 15 is 0 Å². The molecule has 0 atom stereocenters. The fourth-order valence-electron chi connectivity index (χ4n) is 3.77. The number of hydrogen-bond donors (Lipinski definition) is 1. The SMILES string of the molecule is NCC1(c2cccc3c2CCS3(=O)=O)CCCCC1. The summed E-state index contributed by atoms with van der Waals surface area (Å²) in [5, 5.41) is 0. The summed E-state index contributed by atoms with van der Waals surface area (Å²) >= 11 is 0. The van der Waals surface area contributed by atoms with Crippen LogP contribution in [0.25, 0.3) is 0 Å². The smallest absolute Gasteiger partial charge is 0.178 e. The normalized spacial score (nSPS) is 24.1.